The fourth-order valence-electron chi connectivity index (χ4n) is 2.33. The molecule has 0 radical (unpaired) electrons. The molecule has 1 aliphatic carbocycles. The van der Waals surface area contributed by atoms with Crippen molar-refractivity contribution >= 4 is 11.6 Å². The van der Waals surface area contributed by atoms with Crippen LogP contribution < -0.4 is 11.1 Å². The molecular formula is C16H25N3O2. The van der Waals surface area contributed by atoms with Crippen molar-refractivity contribution < 1.29 is 9.53 Å². The second-order valence-corrected chi connectivity index (χ2v) is 5.88. The molecule has 21 heavy (non-hydrogen) atoms. The molecule has 0 bridgehead atoms. The third kappa shape index (κ3) is 4.19. The third-order valence-corrected chi connectivity index (χ3v) is 3.86. The van der Waals surface area contributed by atoms with Gasteiger partial charge in [0.1, 0.15) is 0 Å². The number of carbonyl (C=O) groups is 1. The van der Waals surface area contributed by atoms with Crippen molar-refractivity contribution in [3.05, 3.63) is 29.8 Å². The summed E-state index contributed by atoms with van der Waals surface area (Å²) in [6, 6.07) is 7.62. The van der Waals surface area contributed by atoms with Crippen LogP contribution in [0.3, 0.4) is 0 Å². The SMILES string of the molecule is CN(C)CCOCCNC(=O)C1(c2ccc(N)cc2)CC1. The average Bonchev–Trinajstić information content (AvgIpc) is 3.24. The van der Waals surface area contributed by atoms with Gasteiger partial charge in [-0.25, -0.2) is 0 Å². The van der Waals surface area contributed by atoms with Crippen LogP contribution in [0.5, 0.6) is 0 Å². The van der Waals surface area contributed by atoms with Crippen LogP contribution in [0, 0.1) is 0 Å². The molecule has 1 fully saturated rings. The van der Waals surface area contributed by atoms with Crippen LogP contribution in [0.1, 0.15) is 18.4 Å². The Morgan fingerprint density at radius 1 is 1.29 bits per heavy atom. The Bertz CT molecular complexity index is 467. The highest BCUT2D eigenvalue weighted by Crippen LogP contribution is 2.48. The number of carbonyl (C=O) groups excluding carboxylic acids is 1. The molecule has 0 aromatic heterocycles. The smallest absolute Gasteiger partial charge is 0.230 e. The van der Waals surface area contributed by atoms with Gasteiger partial charge in [0.2, 0.25) is 5.91 Å². The van der Waals surface area contributed by atoms with Gasteiger partial charge in [-0.15, -0.1) is 0 Å². The molecule has 116 valence electrons. The molecule has 0 heterocycles. The minimum absolute atomic E-state index is 0.100. The number of benzene rings is 1. The summed E-state index contributed by atoms with van der Waals surface area (Å²) < 4.78 is 5.48. The summed E-state index contributed by atoms with van der Waals surface area (Å²) in [4.78, 5) is 14.4. The Balaban J connectivity index is 1.74. The molecule has 0 saturated heterocycles. The molecule has 0 aliphatic heterocycles. The van der Waals surface area contributed by atoms with Gasteiger partial charge in [0.05, 0.1) is 18.6 Å². The van der Waals surface area contributed by atoms with Crippen LogP contribution >= 0.6 is 0 Å². The van der Waals surface area contributed by atoms with Crippen molar-refractivity contribution in [2.24, 2.45) is 0 Å². The zero-order valence-corrected chi connectivity index (χ0v) is 12.9. The number of nitrogens with zero attached hydrogens (tertiary/aromatic N) is 1. The number of nitrogens with one attached hydrogen (secondary N) is 1. The molecule has 1 aromatic rings. The van der Waals surface area contributed by atoms with Crippen molar-refractivity contribution in [1.29, 1.82) is 0 Å². The first-order valence-corrected chi connectivity index (χ1v) is 7.41. The van der Waals surface area contributed by atoms with Crippen molar-refractivity contribution in [3.8, 4) is 0 Å². The fraction of sp³-hybridized carbons (Fsp3) is 0.562. The van der Waals surface area contributed by atoms with E-state index in [2.05, 4.69) is 10.2 Å². The Morgan fingerprint density at radius 2 is 1.95 bits per heavy atom. The molecule has 5 nitrogen and oxygen atoms in total. The van der Waals surface area contributed by atoms with Crippen LogP contribution in [-0.4, -0.2) is 51.2 Å². The van der Waals surface area contributed by atoms with Crippen LogP contribution in [0.2, 0.25) is 0 Å². The summed E-state index contributed by atoms with van der Waals surface area (Å²) in [5.74, 6) is 0.100. The highest BCUT2D eigenvalue weighted by atomic mass is 16.5. The number of ether oxygens (including phenoxy) is 1. The van der Waals surface area contributed by atoms with Gasteiger partial charge in [0, 0.05) is 18.8 Å². The maximum absolute atomic E-state index is 12.3. The predicted molar refractivity (Wildman–Crippen MR) is 84.1 cm³/mol. The Morgan fingerprint density at radius 3 is 2.52 bits per heavy atom. The lowest BCUT2D eigenvalue weighted by Gasteiger charge is -2.16. The van der Waals surface area contributed by atoms with E-state index in [0.29, 0.717) is 19.8 Å². The standard InChI is InChI=1S/C16H25N3O2/c1-19(2)10-12-21-11-9-18-15(20)16(7-8-16)13-3-5-14(17)6-4-13/h3-6H,7-12,17H2,1-2H3,(H,18,20). The molecule has 1 aromatic carbocycles. The Labute approximate surface area is 126 Å². The first kappa shape index (κ1) is 15.8. The highest BCUT2D eigenvalue weighted by Gasteiger charge is 2.50. The number of amides is 1. The van der Waals surface area contributed by atoms with Crippen molar-refractivity contribution in [2.75, 3.05) is 46.1 Å². The molecule has 5 heteroatoms. The van der Waals surface area contributed by atoms with Crippen molar-refractivity contribution in [1.82, 2.24) is 10.2 Å². The minimum atomic E-state index is -0.336. The van der Waals surface area contributed by atoms with E-state index >= 15 is 0 Å². The van der Waals surface area contributed by atoms with Crippen LogP contribution in [-0.2, 0) is 14.9 Å². The lowest BCUT2D eigenvalue weighted by atomic mass is 9.95. The normalized spacial score (nSPS) is 16.0. The number of hydrogen-bond donors (Lipinski definition) is 2. The molecular weight excluding hydrogens is 266 g/mol. The van der Waals surface area contributed by atoms with Gasteiger partial charge in [-0.1, -0.05) is 12.1 Å². The molecule has 1 aliphatic rings. The quantitative estimate of drug-likeness (QED) is 0.554. The summed E-state index contributed by atoms with van der Waals surface area (Å²) in [6.07, 6.45) is 1.81. The first-order chi connectivity index (χ1) is 10.0. The van der Waals surface area contributed by atoms with Gasteiger partial charge < -0.3 is 20.7 Å². The van der Waals surface area contributed by atoms with Crippen LogP contribution in [0.25, 0.3) is 0 Å². The number of anilines is 1. The number of rotatable bonds is 8. The van der Waals surface area contributed by atoms with Gasteiger partial charge in [0.15, 0.2) is 0 Å². The summed E-state index contributed by atoms with van der Waals surface area (Å²) in [5.41, 5.74) is 7.14. The highest BCUT2D eigenvalue weighted by molar-refractivity contribution is 5.91. The minimum Gasteiger partial charge on any atom is -0.399 e. The molecule has 0 atom stereocenters. The van der Waals surface area contributed by atoms with E-state index in [1.165, 1.54) is 0 Å². The van der Waals surface area contributed by atoms with Crippen molar-refractivity contribution in [3.63, 3.8) is 0 Å². The van der Waals surface area contributed by atoms with E-state index in [1.54, 1.807) is 0 Å². The van der Waals surface area contributed by atoms with E-state index in [-0.39, 0.29) is 11.3 Å². The zero-order chi connectivity index (χ0) is 15.3. The van der Waals surface area contributed by atoms with Gasteiger partial charge in [-0.3, -0.25) is 4.79 Å². The monoisotopic (exact) mass is 291 g/mol. The lowest BCUT2D eigenvalue weighted by Crippen LogP contribution is -2.36. The summed E-state index contributed by atoms with van der Waals surface area (Å²) in [5, 5.41) is 2.98. The summed E-state index contributed by atoms with van der Waals surface area (Å²) in [6.45, 7) is 2.69. The average molecular weight is 291 g/mol. The van der Waals surface area contributed by atoms with E-state index in [4.69, 9.17) is 10.5 Å². The Hall–Kier alpha value is -1.59. The van der Waals surface area contributed by atoms with Gasteiger partial charge in [-0.2, -0.15) is 0 Å². The van der Waals surface area contributed by atoms with Gasteiger partial charge >= 0.3 is 0 Å². The molecule has 0 spiro atoms. The largest absolute Gasteiger partial charge is 0.399 e. The molecule has 3 N–H and O–H groups in total. The molecule has 2 rings (SSSR count). The number of hydrogen-bond acceptors (Lipinski definition) is 4. The zero-order valence-electron chi connectivity index (χ0n) is 12.9. The summed E-state index contributed by atoms with van der Waals surface area (Å²) in [7, 11) is 4.02. The van der Waals surface area contributed by atoms with E-state index in [1.807, 2.05) is 38.4 Å². The van der Waals surface area contributed by atoms with Crippen molar-refractivity contribution in [2.45, 2.75) is 18.3 Å². The van der Waals surface area contributed by atoms with Gasteiger partial charge in [0.25, 0.3) is 0 Å². The van der Waals surface area contributed by atoms with E-state index in [0.717, 1.165) is 30.6 Å². The van der Waals surface area contributed by atoms with Crippen LogP contribution in [0.15, 0.2) is 24.3 Å². The maximum atomic E-state index is 12.3. The van der Waals surface area contributed by atoms with Crippen LogP contribution in [0.4, 0.5) is 5.69 Å². The number of nitrogen functional groups attached to an aromatic ring is 1. The first-order valence-electron chi connectivity index (χ1n) is 7.41. The van der Waals surface area contributed by atoms with Gasteiger partial charge in [-0.05, 0) is 44.6 Å². The fourth-order valence-corrected chi connectivity index (χ4v) is 2.33. The number of likely N-dealkylation sites (N-methyl/N-ethyl adjacent to an activating group) is 1. The topological polar surface area (TPSA) is 67.6 Å². The van der Waals surface area contributed by atoms with E-state index in [9.17, 15) is 4.79 Å². The van der Waals surface area contributed by atoms with E-state index < -0.39 is 0 Å². The molecule has 1 amide bonds. The third-order valence-electron chi connectivity index (χ3n) is 3.86. The molecule has 0 unspecified atom stereocenters. The Kier molecular flexibility index (Phi) is 5.20. The second kappa shape index (κ2) is 6.91. The molecule has 1 saturated carbocycles. The predicted octanol–water partition coefficient (Wildman–Crippen LogP) is 0.995. The summed E-state index contributed by atoms with van der Waals surface area (Å²) >= 11 is 0. The maximum Gasteiger partial charge on any atom is 0.230 e. The lowest BCUT2D eigenvalue weighted by molar-refractivity contribution is -0.123. The number of nitrogens with two attached hydrogens (primary N) is 1. The second-order valence-electron chi connectivity index (χ2n) is 5.88.